The lowest BCUT2D eigenvalue weighted by atomic mass is 10.1. The molecule has 0 fully saturated rings. The molecule has 1 nitrogen and oxygen atoms in total. The molecule has 0 spiro atoms. The molecule has 1 aromatic rings. The van der Waals surface area contributed by atoms with E-state index in [-0.39, 0.29) is 0 Å². The molecule has 0 atom stereocenters. The first-order valence-corrected chi connectivity index (χ1v) is 3.95. The quantitative estimate of drug-likeness (QED) is 0.604. The van der Waals surface area contributed by atoms with Crippen LogP contribution in [0.2, 0.25) is 0 Å². The SMILES string of the molecule is C=C(C=C(C)C)c1ccccn1. The van der Waals surface area contributed by atoms with Crippen molar-refractivity contribution in [2.45, 2.75) is 13.8 Å². The van der Waals surface area contributed by atoms with Crippen molar-refractivity contribution in [3.63, 3.8) is 0 Å². The highest BCUT2D eigenvalue weighted by Gasteiger charge is 1.93. The van der Waals surface area contributed by atoms with Crippen molar-refractivity contribution >= 4 is 5.57 Å². The third-order valence-corrected chi connectivity index (χ3v) is 1.46. The Morgan fingerprint density at radius 2 is 2.17 bits per heavy atom. The topological polar surface area (TPSA) is 12.9 Å². The Kier molecular flexibility index (Phi) is 2.81. The maximum absolute atomic E-state index is 4.19. The summed E-state index contributed by atoms with van der Waals surface area (Å²) < 4.78 is 0. The summed E-state index contributed by atoms with van der Waals surface area (Å²) in [5.74, 6) is 0. The molecule has 0 aliphatic heterocycles. The Balaban J connectivity index is 2.87. The predicted octanol–water partition coefficient (Wildman–Crippen LogP) is 3.06. The first-order valence-electron chi connectivity index (χ1n) is 3.95. The number of allylic oxidation sites excluding steroid dienone is 3. The Morgan fingerprint density at radius 3 is 2.67 bits per heavy atom. The predicted molar refractivity (Wildman–Crippen MR) is 52.7 cm³/mol. The second kappa shape index (κ2) is 3.86. The number of nitrogens with zero attached hydrogens (tertiary/aromatic N) is 1. The van der Waals surface area contributed by atoms with Crippen molar-refractivity contribution in [2.75, 3.05) is 0 Å². The Bertz CT molecular complexity index is 292. The summed E-state index contributed by atoms with van der Waals surface area (Å²) in [4.78, 5) is 4.19. The van der Waals surface area contributed by atoms with E-state index in [4.69, 9.17) is 0 Å². The molecule has 0 aliphatic carbocycles. The minimum Gasteiger partial charge on any atom is -0.256 e. The second-order valence-electron chi connectivity index (χ2n) is 2.96. The van der Waals surface area contributed by atoms with E-state index in [1.54, 1.807) is 6.20 Å². The smallest absolute Gasteiger partial charge is 0.0695 e. The van der Waals surface area contributed by atoms with Crippen LogP contribution in [0.1, 0.15) is 19.5 Å². The van der Waals surface area contributed by atoms with Gasteiger partial charge in [0.05, 0.1) is 5.69 Å². The number of aromatic nitrogens is 1. The molecular weight excluding hydrogens is 146 g/mol. The van der Waals surface area contributed by atoms with Gasteiger partial charge in [-0.25, -0.2) is 0 Å². The highest BCUT2D eigenvalue weighted by Crippen LogP contribution is 2.11. The molecular formula is C11H13N. The average molecular weight is 159 g/mol. The standard InChI is InChI=1S/C11H13N/c1-9(2)8-10(3)11-6-4-5-7-12-11/h4-8H,3H2,1-2H3. The zero-order chi connectivity index (χ0) is 8.97. The molecule has 0 N–H and O–H groups in total. The Hall–Kier alpha value is -1.37. The molecule has 62 valence electrons. The van der Waals surface area contributed by atoms with Gasteiger partial charge in [-0.1, -0.05) is 24.3 Å². The average Bonchev–Trinajstić information content (AvgIpc) is 2.05. The minimum absolute atomic E-state index is 0.943. The van der Waals surface area contributed by atoms with E-state index < -0.39 is 0 Å². The van der Waals surface area contributed by atoms with E-state index in [0.717, 1.165) is 11.3 Å². The summed E-state index contributed by atoms with van der Waals surface area (Å²) >= 11 is 0. The van der Waals surface area contributed by atoms with Gasteiger partial charge in [-0.3, -0.25) is 4.98 Å². The highest BCUT2D eigenvalue weighted by molar-refractivity contribution is 5.69. The molecule has 0 saturated carbocycles. The molecule has 12 heavy (non-hydrogen) atoms. The van der Waals surface area contributed by atoms with Crippen molar-refractivity contribution in [2.24, 2.45) is 0 Å². The van der Waals surface area contributed by atoms with Crippen LogP contribution in [0.5, 0.6) is 0 Å². The fraction of sp³-hybridized carbons (Fsp3) is 0.182. The van der Waals surface area contributed by atoms with Crippen molar-refractivity contribution < 1.29 is 0 Å². The summed E-state index contributed by atoms with van der Waals surface area (Å²) in [7, 11) is 0. The molecule has 1 rings (SSSR count). The molecule has 0 radical (unpaired) electrons. The van der Waals surface area contributed by atoms with Gasteiger partial charge in [0.2, 0.25) is 0 Å². The molecule has 0 aliphatic rings. The van der Waals surface area contributed by atoms with Crippen LogP contribution in [0.15, 0.2) is 42.6 Å². The largest absolute Gasteiger partial charge is 0.256 e. The van der Waals surface area contributed by atoms with Crippen LogP contribution < -0.4 is 0 Å². The molecule has 0 saturated heterocycles. The van der Waals surface area contributed by atoms with Crippen LogP contribution in [0.25, 0.3) is 5.57 Å². The lowest BCUT2D eigenvalue weighted by molar-refractivity contribution is 1.28. The van der Waals surface area contributed by atoms with Gasteiger partial charge in [0.15, 0.2) is 0 Å². The molecule has 1 heterocycles. The number of pyridine rings is 1. The van der Waals surface area contributed by atoms with Crippen molar-refractivity contribution in [3.8, 4) is 0 Å². The van der Waals surface area contributed by atoms with E-state index in [0.29, 0.717) is 0 Å². The van der Waals surface area contributed by atoms with Gasteiger partial charge in [-0.15, -0.1) is 0 Å². The monoisotopic (exact) mass is 159 g/mol. The summed E-state index contributed by atoms with van der Waals surface area (Å²) in [5.41, 5.74) is 3.15. The molecule has 0 aromatic carbocycles. The first-order chi connectivity index (χ1) is 5.70. The lowest BCUT2D eigenvalue weighted by Crippen LogP contribution is -1.83. The molecule has 1 aromatic heterocycles. The molecule has 0 bridgehead atoms. The van der Waals surface area contributed by atoms with Gasteiger partial charge >= 0.3 is 0 Å². The Labute approximate surface area is 73.5 Å². The van der Waals surface area contributed by atoms with Gasteiger partial charge in [0.25, 0.3) is 0 Å². The van der Waals surface area contributed by atoms with Gasteiger partial charge in [-0.05, 0) is 31.6 Å². The molecule has 0 amide bonds. The summed E-state index contributed by atoms with van der Waals surface area (Å²) in [6.07, 6.45) is 3.81. The van der Waals surface area contributed by atoms with Gasteiger partial charge in [0, 0.05) is 6.20 Å². The van der Waals surface area contributed by atoms with Crippen LogP contribution in [-0.4, -0.2) is 4.98 Å². The van der Waals surface area contributed by atoms with Crippen molar-refractivity contribution in [1.29, 1.82) is 0 Å². The van der Waals surface area contributed by atoms with Crippen molar-refractivity contribution in [1.82, 2.24) is 4.98 Å². The van der Waals surface area contributed by atoms with Gasteiger partial charge in [0.1, 0.15) is 0 Å². The van der Waals surface area contributed by atoms with Crippen LogP contribution in [-0.2, 0) is 0 Å². The van der Waals surface area contributed by atoms with Gasteiger partial charge in [-0.2, -0.15) is 0 Å². The summed E-state index contributed by atoms with van der Waals surface area (Å²) in [6.45, 7) is 8.03. The maximum atomic E-state index is 4.19. The minimum atomic E-state index is 0.943. The van der Waals surface area contributed by atoms with E-state index in [9.17, 15) is 0 Å². The molecule has 0 unspecified atom stereocenters. The Morgan fingerprint density at radius 1 is 1.42 bits per heavy atom. The van der Waals surface area contributed by atoms with E-state index in [2.05, 4.69) is 11.6 Å². The zero-order valence-corrected chi connectivity index (χ0v) is 7.54. The normalized spacial score (nSPS) is 9.17. The fourth-order valence-electron chi connectivity index (χ4n) is 0.975. The van der Waals surface area contributed by atoms with Crippen LogP contribution >= 0.6 is 0 Å². The lowest BCUT2D eigenvalue weighted by Gasteiger charge is -1.98. The number of rotatable bonds is 2. The molecule has 1 heteroatoms. The highest BCUT2D eigenvalue weighted by atomic mass is 14.7. The number of hydrogen-bond donors (Lipinski definition) is 0. The van der Waals surface area contributed by atoms with E-state index in [1.165, 1.54) is 5.57 Å². The zero-order valence-electron chi connectivity index (χ0n) is 7.54. The van der Waals surface area contributed by atoms with Gasteiger partial charge < -0.3 is 0 Å². The second-order valence-corrected chi connectivity index (χ2v) is 2.96. The van der Waals surface area contributed by atoms with Crippen LogP contribution in [0.4, 0.5) is 0 Å². The summed E-state index contributed by atoms with van der Waals surface area (Å²) in [5, 5.41) is 0. The first kappa shape index (κ1) is 8.72. The maximum Gasteiger partial charge on any atom is 0.0695 e. The third kappa shape index (κ3) is 2.35. The van der Waals surface area contributed by atoms with E-state index in [1.807, 2.05) is 38.1 Å². The third-order valence-electron chi connectivity index (χ3n) is 1.46. The van der Waals surface area contributed by atoms with E-state index >= 15 is 0 Å². The van der Waals surface area contributed by atoms with Crippen LogP contribution in [0, 0.1) is 0 Å². The van der Waals surface area contributed by atoms with Crippen LogP contribution in [0.3, 0.4) is 0 Å². The fourth-order valence-corrected chi connectivity index (χ4v) is 0.975. The summed E-state index contributed by atoms with van der Waals surface area (Å²) in [6, 6.07) is 5.83. The number of hydrogen-bond acceptors (Lipinski definition) is 1. The van der Waals surface area contributed by atoms with Crippen molar-refractivity contribution in [3.05, 3.63) is 48.3 Å².